The Morgan fingerprint density at radius 2 is 1.59 bits per heavy atom. The van der Waals surface area contributed by atoms with Crippen LogP contribution in [0.25, 0.3) is 0 Å². The first-order valence-corrected chi connectivity index (χ1v) is 12.1. The molecule has 1 aliphatic rings. The number of carbonyl (C=O) groups is 2. The van der Waals surface area contributed by atoms with E-state index in [0.717, 1.165) is 17.3 Å². The number of amides is 2. The number of nitrogens with zero attached hydrogens (tertiary/aromatic N) is 2. The van der Waals surface area contributed by atoms with Crippen molar-refractivity contribution in [1.82, 2.24) is 0 Å². The van der Waals surface area contributed by atoms with Crippen molar-refractivity contribution < 1.29 is 9.59 Å². The van der Waals surface area contributed by atoms with Crippen molar-refractivity contribution in [2.75, 3.05) is 10.2 Å². The Balaban J connectivity index is 1.73. The fraction of sp³-hybridized carbons (Fsp3) is 0.0800. The van der Waals surface area contributed by atoms with Gasteiger partial charge in [0.15, 0.2) is 0 Å². The summed E-state index contributed by atoms with van der Waals surface area (Å²) in [6.07, 6.45) is 0.342. The highest BCUT2D eigenvalue weighted by molar-refractivity contribution is 8.05. The van der Waals surface area contributed by atoms with Gasteiger partial charge in [0.05, 0.1) is 5.25 Å². The largest absolute Gasteiger partial charge is 0.321 e. The van der Waals surface area contributed by atoms with Gasteiger partial charge in [-0.3, -0.25) is 14.5 Å². The van der Waals surface area contributed by atoms with Crippen molar-refractivity contribution >= 4 is 69.8 Å². The number of nitriles is 1. The highest BCUT2D eigenvalue weighted by Crippen LogP contribution is 2.42. The third-order valence-electron chi connectivity index (χ3n) is 5.06. The standard InChI is InChI=1S/C25H16Cl3N3O2S/c26-16-5-9-18(10-6-16)30-23(32)20(14-29)25-31(19-11-7-17(27)8-12-19)24(33)22(34-25)13-15-3-1-2-4-21(15)28/h1-12,22H,13H2,(H,30,32). The molecule has 1 unspecified atom stereocenters. The Kier molecular flexibility index (Phi) is 7.50. The summed E-state index contributed by atoms with van der Waals surface area (Å²) in [4.78, 5) is 27.9. The minimum Gasteiger partial charge on any atom is -0.321 e. The molecule has 0 saturated carbocycles. The van der Waals surface area contributed by atoms with Crippen molar-refractivity contribution in [3.05, 3.63) is 104 Å². The molecule has 4 rings (SSSR count). The number of hydrogen-bond acceptors (Lipinski definition) is 4. The molecule has 1 atom stereocenters. The lowest BCUT2D eigenvalue weighted by Crippen LogP contribution is -2.31. The second kappa shape index (κ2) is 10.5. The zero-order chi connectivity index (χ0) is 24.2. The van der Waals surface area contributed by atoms with Crippen LogP contribution in [0.2, 0.25) is 15.1 Å². The first-order valence-electron chi connectivity index (χ1n) is 10.1. The van der Waals surface area contributed by atoms with Crippen molar-refractivity contribution in [1.29, 1.82) is 5.26 Å². The van der Waals surface area contributed by atoms with Gasteiger partial charge in [0, 0.05) is 26.4 Å². The number of carbonyl (C=O) groups excluding carboxylic acids is 2. The smallest absolute Gasteiger partial charge is 0.269 e. The Labute approximate surface area is 215 Å². The molecular formula is C25H16Cl3N3O2S. The van der Waals surface area contributed by atoms with Gasteiger partial charge in [-0.05, 0) is 66.6 Å². The molecule has 1 N–H and O–H groups in total. The van der Waals surface area contributed by atoms with Gasteiger partial charge in [-0.25, -0.2) is 0 Å². The Hall–Kier alpha value is -2.95. The molecule has 1 aliphatic heterocycles. The summed E-state index contributed by atoms with van der Waals surface area (Å²) in [7, 11) is 0. The molecule has 0 aliphatic carbocycles. The van der Waals surface area contributed by atoms with E-state index in [1.165, 1.54) is 4.90 Å². The molecule has 1 saturated heterocycles. The van der Waals surface area contributed by atoms with Crippen LogP contribution in [0.3, 0.4) is 0 Å². The number of thioether (sulfide) groups is 1. The third kappa shape index (κ3) is 5.24. The summed E-state index contributed by atoms with van der Waals surface area (Å²) < 4.78 is 0. The van der Waals surface area contributed by atoms with Crippen molar-refractivity contribution in [2.24, 2.45) is 0 Å². The highest BCUT2D eigenvalue weighted by Gasteiger charge is 2.41. The molecule has 0 spiro atoms. The second-order valence-electron chi connectivity index (χ2n) is 7.31. The van der Waals surface area contributed by atoms with Crippen LogP contribution in [-0.2, 0) is 16.0 Å². The van der Waals surface area contributed by atoms with E-state index < -0.39 is 11.2 Å². The summed E-state index contributed by atoms with van der Waals surface area (Å²) in [6.45, 7) is 0. The molecule has 5 nitrogen and oxygen atoms in total. The van der Waals surface area contributed by atoms with Gasteiger partial charge in [0.1, 0.15) is 16.7 Å². The number of hydrogen-bond donors (Lipinski definition) is 1. The quantitative estimate of drug-likeness (QED) is 0.295. The van der Waals surface area contributed by atoms with E-state index in [4.69, 9.17) is 34.8 Å². The van der Waals surface area contributed by atoms with Gasteiger partial charge in [0.25, 0.3) is 5.91 Å². The summed E-state index contributed by atoms with van der Waals surface area (Å²) in [5, 5.41) is 13.9. The highest BCUT2D eigenvalue weighted by atomic mass is 35.5. The average Bonchev–Trinajstić information content (AvgIpc) is 3.13. The fourth-order valence-corrected chi connectivity index (χ4v) is 5.16. The van der Waals surface area contributed by atoms with E-state index in [-0.39, 0.29) is 16.5 Å². The van der Waals surface area contributed by atoms with Crippen LogP contribution in [0.1, 0.15) is 5.56 Å². The molecule has 34 heavy (non-hydrogen) atoms. The zero-order valence-electron chi connectivity index (χ0n) is 17.5. The van der Waals surface area contributed by atoms with Crippen molar-refractivity contribution in [3.8, 4) is 6.07 Å². The van der Waals surface area contributed by atoms with Gasteiger partial charge in [-0.2, -0.15) is 5.26 Å². The molecule has 0 aromatic heterocycles. The van der Waals surface area contributed by atoms with Gasteiger partial charge in [-0.1, -0.05) is 64.8 Å². The molecular weight excluding hydrogens is 513 g/mol. The van der Waals surface area contributed by atoms with Gasteiger partial charge in [-0.15, -0.1) is 0 Å². The zero-order valence-corrected chi connectivity index (χ0v) is 20.6. The van der Waals surface area contributed by atoms with Crippen molar-refractivity contribution in [3.63, 3.8) is 0 Å². The van der Waals surface area contributed by atoms with Crippen LogP contribution >= 0.6 is 46.6 Å². The maximum absolute atomic E-state index is 13.5. The first kappa shape index (κ1) is 24.2. The SMILES string of the molecule is N#CC(C(=O)Nc1ccc(Cl)cc1)=C1SC(Cc2ccccc2Cl)C(=O)N1c1ccc(Cl)cc1. The molecule has 1 fully saturated rings. The molecule has 2 amide bonds. The summed E-state index contributed by atoms with van der Waals surface area (Å²) >= 11 is 19.4. The Morgan fingerprint density at radius 3 is 2.21 bits per heavy atom. The number of nitrogens with one attached hydrogen (secondary N) is 1. The fourth-order valence-electron chi connectivity index (χ4n) is 3.40. The van der Waals surface area contributed by atoms with E-state index >= 15 is 0 Å². The molecule has 9 heteroatoms. The summed E-state index contributed by atoms with van der Waals surface area (Å²) in [5.74, 6) is -0.883. The number of benzene rings is 3. The molecule has 170 valence electrons. The lowest BCUT2D eigenvalue weighted by Gasteiger charge is -2.19. The molecule has 0 radical (unpaired) electrons. The van der Waals surface area contributed by atoms with Crippen LogP contribution in [0.5, 0.6) is 0 Å². The minimum atomic E-state index is -0.627. The van der Waals surface area contributed by atoms with Gasteiger partial charge >= 0.3 is 0 Å². The Bertz CT molecular complexity index is 1320. The lowest BCUT2D eigenvalue weighted by atomic mass is 10.1. The maximum atomic E-state index is 13.5. The van der Waals surface area contributed by atoms with Gasteiger partial charge < -0.3 is 5.32 Å². The van der Waals surface area contributed by atoms with Crippen molar-refractivity contribution in [2.45, 2.75) is 11.7 Å². The monoisotopic (exact) mass is 527 g/mol. The minimum absolute atomic E-state index is 0.176. The second-order valence-corrected chi connectivity index (χ2v) is 9.78. The normalized spacial score (nSPS) is 16.8. The first-order chi connectivity index (χ1) is 16.4. The number of anilines is 2. The molecule has 0 bridgehead atoms. The predicted octanol–water partition coefficient (Wildman–Crippen LogP) is 6.71. The number of rotatable bonds is 5. The lowest BCUT2D eigenvalue weighted by molar-refractivity contribution is -0.117. The molecule has 3 aromatic rings. The maximum Gasteiger partial charge on any atom is 0.269 e. The summed E-state index contributed by atoms with van der Waals surface area (Å²) in [5.41, 5.74) is 1.61. The van der Waals surface area contributed by atoms with E-state index in [1.807, 2.05) is 24.3 Å². The topological polar surface area (TPSA) is 73.2 Å². The van der Waals surface area contributed by atoms with E-state index in [0.29, 0.717) is 32.9 Å². The molecule has 1 heterocycles. The number of halogens is 3. The summed E-state index contributed by atoms with van der Waals surface area (Å²) in [6, 6.07) is 22.4. The van der Waals surface area contributed by atoms with E-state index in [9.17, 15) is 14.9 Å². The van der Waals surface area contributed by atoms with Crippen LogP contribution < -0.4 is 10.2 Å². The predicted molar refractivity (Wildman–Crippen MR) is 138 cm³/mol. The van der Waals surface area contributed by atoms with Crippen LogP contribution in [-0.4, -0.2) is 17.1 Å². The van der Waals surface area contributed by atoms with Crippen LogP contribution in [0.15, 0.2) is 83.4 Å². The Morgan fingerprint density at radius 1 is 0.971 bits per heavy atom. The third-order valence-corrected chi connectivity index (χ3v) is 7.19. The van der Waals surface area contributed by atoms with E-state index in [1.54, 1.807) is 54.6 Å². The van der Waals surface area contributed by atoms with Crippen LogP contribution in [0, 0.1) is 11.3 Å². The van der Waals surface area contributed by atoms with Crippen LogP contribution in [0.4, 0.5) is 11.4 Å². The van der Waals surface area contributed by atoms with Gasteiger partial charge in [0.2, 0.25) is 5.91 Å². The molecule has 3 aromatic carbocycles. The van der Waals surface area contributed by atoms with E-state index in [2.05, 4.69) is 5.32 Å². The average molecular weight is 529 g/mol.